The molecule has 6 nitrogen and oxygen atoms in total. The molecule has 31 heavy (non-hydrogen) atoms. The largest absolute Gasteiger partial charge is 0.369 e. The van der Waals surface area contributed by atoms with Crippen LogP contribution in [0.1, 0.15) is 34.0 Å². The number of aromatic nitrogens is 1. The zero-order valence-electron chi connectivity index (χ0n) is 19.3. The van der Waals surface area contributed by atoms with E-state index in [1.165, 1.54) is 29.1 Å². The summed E-state index contributed by atoms with van der Waals surface area (Å²) < 4.78 is 0. The molecule has 1 fully saturated rings. The van der Waals surface area contributed by atoms with Gasteiger partial charge in [-0.15, -0.1) is 35.3 Å². The van der Waals surface area contributed by atoms with Gasteiger partial charge in [0.15, 0.2) is 5.96 Å². The monoisotopic (exact) mass is 556 g/mol. The summed E-state index contributed by atoms with van der Waals surface area (Å²) in [6.45, 7) is 13.7. The normalized spacial score (nSPS) is 15.0. The molecule has 0 amide bonds. The van der Waals surface area contributed by atoms with Crippen molar-refractivity contribution in [2.24, 2.45) is 4.99 Å². The van der Waals surface area contributed by atoms with E-state index in [4.69, 9.17) is 0 Å². The maximum atomic E-state index is 4.48. The molecule has 1 aromatic heterocycles. The summed E-state index contributed by atoms with van der Waals surface area (Å²) in [6, 6.07) is 8.85. The zero-order valence-corrected chi connectivity index (χ0v) is 22.4. The van der Waals surface area contributed by atoms with Gasteiger partial charge in [-0.25, -0.2) is 4.98 Å². The first-order chi connectivity index (χ1) is 14.5. The first-order valence-corrected chi connectivity index (χ1v) is 11.8. The molecule has 0 unspecified atom stereocenters. The van der Waals surface area contributed by atoms with Gasteiger partial charge in [-0.1, -0.05) is 12.1 Å². The van der Waals surface area contributed by atoms with Crippen LogP contribution in [0.4, 0.5) is 5.69 Å². The molecule has 1 aromatic carbocycles. The number of halogens is 1. The molecule has 8 heteroatoms. The van der Waals surface area contributed by atoms with E-state index >= 15 is 0 Å². The Bertz CT molecular complexity index is 829. The molecule has 1 aliphatic heterocycles. The summed E-state index contributed by atoms with van der Waals surface area (Å²) in [5.74, 6) is 0.868. The molecule has 2 aromatic rings. The minimum atomic E-state index is 0. The molecule has 172 valence electrons. The fraction of sp³-hybridized carbons (Fsp3) is 0.565. The fourth-order valence-electron chi connectivity index (χ4n) is 3.84. The van der Waals surface area contributed by atoms with Gasteiger partial charge in [0.2, 0.25) is 0 Å². The van der Waals surface area contributed by atoms with E-state index in [1.54, 1.807) is 11.3 Å². The number of rotatable bonds is 8. The molecular weight excluding hydrogens is 519 g/mol. The van der Waals surface area contributed by atoms with Gasteiger partial charge in [0.25, 0.3) is 0 Å². The zero-order chi connectivity index (χ0) is 21.3. The smallest absolute Gasteiger partial charge is 0.191 e. The predicted molar refractivity (Wildman–Crippen MR) is 144 cm³/mol. The van der Waals surface area contributed by atoms with Crippen molar-refractivity contribution in [1.82, 2.24) is 20.5 Å². The molecule has 0 bridgehead atoms. The first kappa shape index (κ1) is 25.9. The van der Waals surface area contributed by atoms with Crippen LogP contribution in [0.5, 0.6) is 0 Å². The van der Waals surface area contributed by atoms with Crippen LogP contribution in [0.25, 0.3) is 0 Å². The lowest BCUT2D eigenvalue weighted by Gasteiger charge is -2.36. The van der Waals surface area contributed by atoms with Crippen molar-refractivity contribution in [3.63, 3.8) is 0 Å². The number of hydrogen-bond acceptors (Lipinski definition) is 5. The first-order valence-electron chi connectivity index (χ1n) is 11.0. The molecule has 0 spiro atoms. The quantitative estimate of drug-likeness (QED) is 0.223. The van der Waals surface area contributed by atoms with Gasteiger partial charge in [0.1, 0.15) is 0 Å². The lowest BCUT2D eigenvalue weighted by Crippen LogP contribution is -2.46. The van der Waals surface area contributed by atoms with Crippen LogP contribution in [-0.4, -0.2) is 62.2 Å². The van der Waals surface area contributed by atoms with E-state index in [0.717, 1.165) is 62.4 Å². The molecular formula is C23H37IN6S. The summed E-state index contributed by atoms with van der Waals surface area (Å²) in [7, 11) is 1.83. The second-order valence-corrected chi connectivity index (χ2v) is 9.26. The molecule has 1 aliphatic rings. The molecule has 0 saturated carbocycles. The third-order valence-electron chi connectivity index (χ3n) is 5.57. The Labute approximate surface area is 208 Å². The topological polar surface area (TPSA) is 55.8 Å². The number of hydrogen-bond donors (Lipinski definition) is 2. The molecule has 3 rings (SSSR count). The number of benzene rings is 1. The Morgan fingerprint density at radius 3 is 2.52 bits per heavy atom. The Morgan fingerprint density at radius 2 is 1.87 bits per heavy atom. The van der Waals surface area contributed by atoms with Gasteiger partial charge in [-0.3, -0.25) is 9.89 Å². The van der Waals surface area contributed by atoms with Crippen molar-refractivity contribution in [2.75, 3.05) is 51.2 Å². The lowest BCUT2D eigenvalue weighted by molar-refractivity contribution is 0.253. The van der Waals surface area contributed by atoms with Gasteiger partial charge in [0, 0.05) is 50.3 Å². The maximum Gasteiger partial charge on any atom is 0.191 e. The van der Waals surface area contributed by atoms with Crippen LogP contribution in [-0.2, 0) is 6.54 Å². The van der Waals surface area contributed by atoms with Gasteiger partial charge in [0.05, 0.1) is 17.2 Å². The number of thiazole rings is 1. The minimum absolute atomic E-state index is 0. The molecule has 1 saturated heterocycles. The maximum absolute atomic E-state index is 4.48. The number of anilines is 1. The Morgan fingerprint density at radius 1 is 1.10 bits per heavy atom. The number of aliphatic imine (C=N–C) groups is 1. The van der Waals surface area contributed by atoms with Crippen LogP contribution < -0.4 is 15.5 Å². The predicted octanol–water partition coefficient (Wildman–Crippen LogP) is 3.95. The minimum Gasteiger partial charge on any atom is -0.369 e. The van der Waals surface area contributed by atoms with Crippen LogP contribution >= 0.6 is 35.3 Å². The van der Waals surface area contributed by atoms with Gasteiger partial charge >= 0.3 is 0 Å². The number of piperazine rings is 1. The van der Waals surface area contributed by atoms with E-state index in [2.05, 4.69) is 75.4 Å². The van der Waals surface area contributed by atoms with E-state index < -0.39 is 0 Å². The fourth-order valence-corrected chi connectivity index (χ4v) is 4.72. The number of aryl methyl sites for hydroxylation is 3. The third-order valence-corrected chi connectivity index (χ3v) is 6.65. The highest BCUT2D eigenvalue weighted by Gasteiger charge is 2.16. The van der Waals surface area contributed by atoms with E-state index in [1.807, 2.05) is 7.05 Å². The lowest BCUT2D eigenvalue weighted by atomic mass is 10.2. The van der Waals surface area contributed by atoms with Crippen molar-refractivity contribution in [2.45, 2.75) is 40.2 Å². The van der Waals surface area contributed by atoms with Gasteiger partial charge < -0.3 is 15.5 Å². The van der Waals surface area contributed by atoms with Gasteiger partial charge in [-0.2, -0.15) is 0 Å². The van der Waals surface area contributed by atoms with Crippen LogP contribution in [0.2, 0.25) is 0 Å². The summed E-state index contributed by atoms with van der Waals surface area (Å²) >= 11 is 1.75. The van der Waals surface area contributed by atoms with Gasteiger partial charge in [-0.05, 0) is 57.9 Å². The van der Waals surface area contributed by atoms with Crippen molar-refractivity contribution in [1.29, 1.82) is 0 Å². The van der Waals surface area contributed by atoms with Crippen LogP contribution in [0.3, 0.4) is 0 Å². The highest BCUT2D eigenvalue weighted by Crippen LogP contribution is 2.18. The standard InChI is InChI=1S/C23H36N6S.HI/c1-18-8-7-9-21(16-18)29-14-12-28(13-15-29)11-6-5-10-25-23(24-4)26-17-22-19(2)27-20(3)30-22;/h7-9,16H,5-6,10-15,17H2,1-4H3,(H2,24,25,26);1H. The number of nitrogens with zero attached hydrogens (tertiary/aromatic N) is 4. The van der Waals surface area contributed by atoms with Crippen molar-refractivity contribution >= 4 is 47.0 Å². The molecule has 2 heterocycles. The number of guanidine groups is 1. The summed E-state index contributed by atoms with van der Waals surface area (Å²) in [4.78, 5) is 15.2. The molecule has 0 atom stereocenters. The molecule has 0 radical (unpaired) electrons. The van der Waals surface area contributed by atoms with Crippen molar-refractivity contribution in [3.8, 4) is 0 Å². The molecule has 2 N–H and O–H groups in total. The number of unbranched alkanes of at least 4 members (excludes halogenated alkanes) is 1. The van der Waals surface area contributed by atoms with E-state index in [9.17, 15) is 0 Å². The summed E-state index contributed by atoms with van der Waals surface area (Å²) in [5.41, 5.74) is 3.81. The van der Waals surface area contributed by atoms with Crippen molar-refractivity contribution in [3.05, 3.63) is 45.4 Å². The van der Waals surface area contributed by atoms with Crippen LogP contribution in [0, 0.1) is 20.8 Å². The van der Waals surface area contributed by atoms with Crippen molar-refractivity contribution < 1.29 is 0 Å². The van der Waals surface area contributed by atoms with E-state index in [0.29, 0.717) is 0 Å². The highest BCUT2D eigenvalue weighted by molar-refractivity contribution is 14.0. The number of nitrogens with one attached hydrogen (secondary N) is 2. The second-order valence-electron chi connectivity index (χ2n) is 7.97. The molecule has 0 aliphatic carbocycles. The Kier molecular flexibility index (Phi) is 11.0. The SMILES string of the molecule is CN=C(NCCCCN1CCN(c2cccc(C)c2)CC1)NCc1sc(C)nc1C.I. The Balaban J connectivity index is 0.00000341. The van der Waals surface area contributed by atoms with Crippen LogP contribution in [0.15, 0.2) is 29.3 Å². The highest BCUT2D eigenvalue weighted by atomic mass is 127. The summed E-state index contributed by atoms with van der Waals surface area (Å²) in [6.07, 6.45) is 2.36. The average Bonchev–Trinajstić information content (AvgIpc) is 3.07. The Hall–Kier alpha value is -1.39. The van der Waals surface area contributed by atoms with E-state index in [-0.39, 0.29) is 24.0 Å². The third kappa shape index (κ3) is 8.23. The summed E-state index contributed by atoms with van der Waals surface area (Å²) in [5, 5.41) is 7.95. The average molecular weight is 557 g/mol. The second kappa shape index (κ2) is 13.2.